The Morgan fingerprint density at radius 1 is 1.31 bits per heavy atom. The summed E-state index contributed by atoms with van der Waals surface area (Å²) in [5.41, 5.74) is 3.84. The zero-order valence-electron chi connectivity index (χ0n) is 9.10. The van der Waals surface area contributed by atoms with Gasteiger partial charge in [-0.15, -0.1) is 0 Å². The topological polar surface area (TPSA) is 24.9 Å². The molecule has 0 saturated heterocycles. The summed E-state index contributed by atoms with van der Waals surface area (Å²) in [5.74, 6) is 1.51. The third-order valence-corrected chi connectivity index (χ3v) is 2.29. The summed E-state index contributed by atoms with van der Waals surface area (Å²) in [4.78, 5) is 4.46. The highest BCUT2D eigenvalue weighted by Crippen LogP contribution is 2.23. The number of nitrogens with one attached hydrogen (secondary N) is 1. The summed E-state index contributed by atoms with van der Waals surface area (Å²) in [6.45, 7) is 8.63. The molecule has 1 heterocycles. The van der Waals surface area contributed by atoms with Crippen molar-refractivity contribution in [3.8, 4) is 0 Å². The van der Waals surface area contributed by atoms with E-state index in [1.165, 1.54) is 11.1 Å². The SMILES string of the molecule is CNc1cc(C)c(C(C)C)c(C)n1. The van der Waals surface area contributed by atoms with Crippen molar-refractivity contribution < 1.29 is 0 Å². The third-order valence-electron chi connectivity index (χ3n) is 2.29. The zero-order valence-corrected chi connectivity index (χ0v) is 9.10. The van der Waals surface area contributed by atoms with Crippen LogP contribution in [-0.2, 0) is 0 Å². The summed E-state index contributed by atoms with van der Waals surface area (Å²) < 4.78 is 0. The van der Waals surface area contributed by atoms with E-state index in [0.29, 0.717) is 5.92 Å². The van der Waals surface area contributed by atoms with E-state index in [4.69, 9.17) is 0 Å². The van der Waals surface area contributed by atoms with Gasteiger partial charge in [0.1, 0.15) is 5.82 Å². The Hall–Kier alpha value is -1.05. The number of rotatable bonds is 2. The summed E-state index contributed by atoms with van der Waals surface area (Å²) in [7, 11) is 1.90. The number of pyridine rings is 1. The van der Waals surface area contributed by atoms with Crippen LogP contribution in [0.15, 0.2) is 6.07 Å². The minimum absolute atomic E-state index is 0.554. The highest BCUT2D eigenvalue weighted by atomic mass is 15.0. The summed E-state index contributed by atoms with van der Waals surface area (Å²) >= 11 is 0. The van der Waals surface area contributed by atoms with E-state index in [9.17, 15) is 0 Å². The molecule has 0 aliphatic carbocycles. The quantitative estimate of drug-likeness (QED) is 0.753. The van der Waals surface area contributed by atoms with Gasteiger partial charge in [0.2, 0.25) is 0 Å². The number of aromatic nitrogens is 1. The lowest BCUT2D eigenvalue weighted by molar-refractivity contribution is 0.833. The van der Waals surface area contributed by atoms with Crippen molar-refractivity contribution in [3.05, 3.63) is 22.9 Å². The number of anilines is 1. The van der Waals surface area contributed by atoms with Crippen molar-refractivity contribution in [3.63, 3.8) is 0 Å². The minimum atomic E-state index is 0.554. The fraction of sp³-hybridized carbons (Fsp3) is 0.545. The molecule has 13 heavy (non-hydrogen) atoms. The second kappa shape index (κ2) is 3.77. The molecule has 0 saturated carbocycles. The largest absolute Gasteiger partial charge is 0.373 e. The molecule has 0 unspecified atom stereocenters. The van der Waals surface area contributed by atoms with E-state index in [2.05, 4.69) is 44.1 Å². The highest BCUT2D eigenvalue weighted by Gasteiger charge is 2.08. The summed E-state index contributed by atoms with van der Waals surface area (Å²) in [6.07, 6.45) is 0. The van der Waals surface area contributed by atoms with Crippen LogP contribution in [0.2, 0.25) is 0 Å². The first-order valence-electron chi connectivity index (χ1n) is 4.72. The Balaban J connectivity index is 3.23. The van der Waals surface area contributed by atoms with E-state index >= 15 is 0 Å². The van der Waals surface area contributed by atoms with Gasteiger partial charge < -0.3 is 5.32 Å². The van der Waals surface area contributed by atoms with E-state index in [0.717, 1.165) is 11.5 Å². The molecule has 72 valence electrons. The highest BCUT2D eigenvalue weighted by molar-refractivity contribution is 5.44. The van der Waals surface area contributed by atoms with Gasteiger partial charge in [-0.1, -0.05) is 13.8 Å². The van der Waals surface area contributed by atoms with Crippen LogP contribution < -0.4 is 5.32 Å². The Morgan fingerprint density at radius 2 is 1.92 bits per heavy atom. The Kier molecular flexibility index (Phi) is 2.91. The molecule has 1 rings (SSSR count). The smallest absolute Gasteiger partial charge is 0.126 e. The summed E-state index contributed by atoms with van der Waals surface area (Å²) in [6, 6.07) is 2.10. The number of aryl methyl sites for hydroxylation is 2. The van der Waals surface area contributed by atoms with Gasteiger partial charge in [0.25, 0.3) is 0 Å². The maximum absolute atomic E-state index is 4.46. The predicted molar refractivity (Wildman–Crippen MR) is 57.3 cm³/mol. The van der Waals surface area contributed by atoms with Crippen LogP contribution >= 0.6 is 0 Å². The minimum Gasteiger partial charge on any atom is -0.373 e. The van der Waals surface area contributed by atoms with Crippen LogP contribution in [0.3, 0.4) is 0 Å². The van der Waals surface area contributed by atoms with E-state index in [-0.39, 0.29) is 0 Å². The average Bonchev–Trinajstić information content (AvgIpc) is 2.02. The van der Waals surface area contributed by atoms with Crippen LogP contribution in [0.1, 0.15) is 36.6 Å². The van der Waals surface area contributed by atoms with Crippen molar-refractivity contribution in [2.45, 2.75) is 33.6 Å². The molecule has 1 N–H and O–H groups in total. The van der Waals surface area contributed by atoms with Gasteiger partial charge in [0, 0.05) is 12.7 Å². The van der Waals surface area contributed by atoms with Crippen LogP contribution in [0.25, 0.3) is 0 Å². The molecule has 1 aromatic rings. The number of hydrogen-bond donors (Lipinski definition) is 1. The normalized spacial score (nSPS) is 10.6. The molecule has 2 heteroatoms. The van der Waals surface area contributed by atoms with Crippen molar-refractivity contribution in [2.24, 2.45) is 0 Å². The molecule has 0 radical (unpaired) electrons. The molecule has 0 aromatic carbocycles. The fourth-order valence-corrected chi connectivity index (χ4v) is 1.84. The van der Waals surface area contributed by atoms with Crippen molar-refractivity contribution >= 4 is 5.82 Å². The second-order valence-electron chi connectivity index (χ2n) is 3.73. The zero-order chi connectivity index (χ0) is 10.0. The van der Waals surface area contributed by atoms with Crippen LogP contribution in [-0.4, -0.2) is 12.0 Å². The monoisotopic (exact) mass is 178 g/mol. The lowest BCUT2D eigenvalue weighted by atomic mass is 9.97. The first-order chi connectivity index (χ1) is 6.06. The first-order valence-corrected chi connectivity index (χ1v) is 4.72. The maximum Gasteiger partial charge on any atom is 0.126 e. The van der Waals surface area contributed by atoms with Gasteiger partial charge in [-0.25, -0.2) is 4.98 Å². The van der Waals surface area contributed by atoms with E-state index in [1.54, 1.807) is 0 Å². The van der Waals surface area contributed by atoms with Gasteiger partial charge >= 0.3 is 0 Å². The molecule has 1 aromatic heterocycles. The van der Waals surface area contributed by atoms with Crippen LogP contribution in [0, 0.1) is 13.8 Å². The van der Waals surface area contributed by atoms with Gasteiger partial charge in [0.05, 0.1) is 0 Å². The first kappa shape index (κ1) is 10.0. The van der Waals surface area contributed by atoms with Crippen LogP contribution in [0.5, 0.6) is 0 Å². The fourth-order valence-electron chi connectivity index (χ4n) is 1.84. The molecule has 0 aliphatic rings. The lowest BCUT2D eigenvalue weighted by Crippen LogP contribution is -2.02. The van der Waals surface area contributed by atoms with Gasteiger partial charge in [0.15, 0.2) is 0 Å². The van der Waals surface area contributed by atoms with Crippen LogP contribution in [0.4, 0.5) is 5.82 Å². The molecule has 0 aliphatic heterocycles. The summed E-state index contributed by atoms with van der Waals surface area (Å²) in [5, 5.41) is 3.06. The predicted octanol–water partition coefficient (Wildman–Crippen LogP) is 2.86. The van der Waals surface area contributed by atoms with Gasteiger partial charge in [-0.2, -0.15) is 0 Å². The molecular formula is C11H18N2. The Bertz CT molecular complexity index is 280. The average molecular weight is 178 g/mol. The number of hydrogen-bond acceptors (Lipinski definition) is 2. The molecule has 0 bridgehead atoms. The second-order valence-corrected chi connectivity index (χ2v) is 3.73. The van der Waals surface area contributed by atoms with E-state index < -0.39 is 0 Å². The molecule has 0 spiro atoms. The molecule has 2 nitrogen and oxygen atoms in total. The number of nitrogens with zero attached hydrogens (tertiary/aromatic N) is 1. The lowest BCUT2D eigenvalue weighted by Gasteiger charge is -2.14. The Labute approximate surface area is 80.4 Å². The Morgan fingerprint density at radius 3 is 2.31 bits per heavy atom. The standard InChI is InChI=1S/C11H18N2/c1-7(2)11-8(3)6-10(12-5)13-9(11)4/h6-7H,1-5H3,(H,12,13). The molecular weight excluding hydrogens is 160 g/mol. The molecule has 0 atom stereocenters. The van der Waals surface area contributed by atoms with Crippen molar-refractivity contribution in [2.75, 3.05) is 12.4 Å². The van der Waals surface area contributed by atoms with E-state index in [1.807, 2.05) is 7.05 Å². The molecule has 0 amide bonds. The van der Waals surface area contributed by atoms with Gasteiger partial charge in [-0.05, 0) is 37.0 Å². The molecule has 0 fully saturated rings. The van der Waals surface area contributed by atoms with Crippen molar-refractivity contribution in [1.29, 1.82) is 0 Å². The van der Waals surface area contributed by atoms with Gasteiger partial charge in [-0.3, -0.25) is 0 Å². The third kappa shape index (κ3) is 2.00. The maximum atomic E-state index is 4.46. The van der Waals surface area contributed by atoms with Crippen molar-refractivity contribution in [1.82, 2.24) is 4.98 Å².